The molecule has 2 N–H and O–H groups in total. The molecule has 0 atom stereocenters. The molecule has 0 saturated heterocycles. The molecular weight excluding hydrogens is 324 g/mol. The average molecular weight is 341 g/mol. The second-order valence-electron chi connectivity index (χ2n) is 4.72. The lowest BCUT2D eigenvalue weighted by Gasteiger charge is -2.13. The Morgan fingerprint density at radius 1 is 1.33 bits per heavy atom. The summed E-state index contributed by atoms with van der Waals surface area (Å²) in [7, 11) is 0. The highest BCUT2D eigenvalue weighted by Gasteiger charge is 2.12. The Labute approximate surface area is 136 Å². The number of urea groups is 1. The summed E-state index contributed by atoms with van der Waals surface area (Å²) in [6.07, 6.45) is 0. The SMILES string of the molecule is CCOc1cc(CNC(=O)Nc2cc(C)on2)ccc1OC(F)F. The normalized spacial score (nSPS) is 10.5. The number of amides is 2. The Hall–Kier alpha value is -2.84. The van der Waals surface area contributed by atoms with Gasteiger partial charge in [0, 0.05) is 12.6 Å². The summed E-state index contributed by atoms with van der Waals surface area (Å²) in [6, 6.07) is 5.55. The molecule has 7 nitrogen and oxygen atoms in total. The van der Waals surface area contributed by atoms with E-state index in [-0.39, 0.29) is 18.0 Å². The van der Waals surface area contributed by atoms with Crippen molar-refractivity contribution in [1.29, 1.82) is 0 Å². The second kappa shape index (κ2) is 8.14. The highest BCUT2D eigenvalue weighted by Crippen LogP contribution is 2.29. The van der Waals surface area contributed by atoms with E-state index in [0.29, 0.717) is 23.7 Å². The van der Waals surface area contributed by atoms with Gasteiger partial charge in [0.15, 0.2) is 17.3 Å². The summed E-state index contributed by atoms with van der Waals surface area (Å²) in [4.78, 5) is 11.8. The van der Waals surface area contributed by atoms with E-state index in [9.17, 15) is 13.6 Å². The Morgan fingerprint density at radius 2 is 2.12 bits per heavy atom. The zero-order valence-electron chi connectivity index (χ0n) is 13.1. The number of carbonyl (C=O) groups excluding carboxylic acids is 1. The van der Waals surface area contributed by atoms with Crippen molar-refractivity contribution in [2.45, 2.75) is 27.0 Å². The highest BCUT2D eigenvalue weighted by molar-refractivity contribution is 5.88. The minimum Gasteiger partial charge on any atom is -0.490 e. The smallest absolute Gasteiger partial charge is 0.387 e. The van der Waals surface area contributed by atoms with Gasteiger partial charge in [-0.15, -0.1) is 0 Å². The van der Waals surface area contributed by atoms with Gasteiger partial charge in [0.05, 0.1) is 6.61 Å². The van der Waals surface area contributed by atoms with Crippen molar-refractivity contribution < 1.29 is 27.6 Å². The fourth-order valence-electron chi connectivity index (χ4n) is 1.89. The number of carbonyl (C=O) groups is 1. The number of aromatic nitrogens is 1. The lowest BCUT2D eigenvalue weighted by molar-refractivity contribution is -0.0514. The van der Waals surface area contributed by atoms with Crippen LogP contribution in [0.15, 0.2) is 28.8 Å². The lowest BCUT2D eigenvalue weighted by Crippen LogP contribution is -2.28. The van der Waals surface area contributed by atoms with Gasteiger partial charge in [-0.1, -0.05) is 11.2 Å². The Kier molecular flexibility index (Phi) is 5.94. The largest absolute Gasteiger partial charge is 0.490 e. The van der Waals surface area contributed by atoms with Gasteiger partial charge >= 0.3 is 12.6 Å². The van der Waals surface area contributed by atoms with Crippen molar-refractivity contribution in [3.8, 4) is 11.5 Å². The van der Waals surface area contributed by atoms with Gasteiger partial charge in [-0.3, -0.25) is 5.32 Å². The molecule has 0 saturated carbocycles. The fourth-order valence-corrected chi connectivity index (χ4v) is 1.89. The Balaban J connectivity index is 1.96. The van der Waals surface area contributed by atoms with Crippen molar-refractivity contribution in [3.05, 3.63) is 35.6 Å². The van der Waals surface area contributed by atoms with E-state index >= 15 is 0 Å². The molecule has 0 spiro atoms. The Bertz CT molecular complexity index is 691. The predicted molar refractivity (Wildman–Crippen MR) is 81.3 cm³/mol. The molecule has 2 amide bonds. The molecule has 2 aromatic rings. The van der Waals surface area contributed by atoms with Crippen LogP contribution in [-0.2, 0) is 6.54 Å². The molecule has 0 fully saturated rings. The molecule has 2 rings (SSSR count). The summed E-state index contributed by atoms with van der Waals surface area (Å²) < 4.78 is 39.2. The summed E-state index contributed by atoms with van der Waals surface area (Å²) in [5, 5.41) is 8.74. The van der Waals surface area contributed by atoms with Gasteiger partial charge in [0.25, 0.3) is 0 Å². The topological polar surface area (TPSA) is 85.6 Å². The molecule has 24 heavy (non-hydrogen) atoms. The minimum atomic E-state index is -2.94. The van der Waals surface area contributed by atoms with Gasteiger partial charge < -0.3 is 19.3 Å². The average Bonchev–Trinajstić information content (AvgIpc) is 2.92. The number of anilines is 1. The third-order valence-electron chi connectivity index (χ3n) is 2.85. The quantitative estimate of drug-likeness (QED) is 0.807. The molecule has 0 aliphatic carbocycles. The maximum atomic E-state index is 12.3. The zero-order chi connectivity index (χ0) is 17.5. The van der Waals surface area contributed by atoms with Crippen LogP contribution in [0.1, 0.15) is 18.2 Å². The van der Waals surface area contributed by atoms with Gasteiger partial charge in [-0.25, -0.2) is 4.79 Å². The van der Waals surface area contributed by atoms with E-state index in [2.05, 4.69) is 20.5 Å². The third kappa shape index (κ3) is 5.11. The number of hydrogen-bond donors (Lipinski definition) is 2. The van der Waals surface area contributed by atoms with E-state index in [1.807, 2.05) is 0 Å². The first-order chi connectivity index (χ1) is 11.5. The molecule has 130 valence electrons. The standard InChI is InChI=1S/C15H17F2N3O4/c1-3-22-12-7-10(4-5-11(12)23-14(16)17)8-18-15(21)19-13-6-9(2)24-20-13/h4-7,14H,3,8H2,1-2H3,(H2,18,19,20,21). The first-order valence-electron chi connectivity index (χ1n) is 7.16. The first kappa shape index (κ1) is 17.5. The van der Waals surface area contributed by atoms with Gasteiger partial charge in [-0.05, 0) is 31.5 Å². The van der Waals surface area contributed by atoms with Crippen LogP contribution in [0, 0.1) is 6.92 Å². The molecule has 0 aliphatic rings. The fraction of sp³-hybridized carbons (Fsp3) is 0.333. The van der Waals surface area contributed by atoms with Crippen LogP contribution in [0.5, 0.6) is 11.5 Å². The van der Waals surface area contributed by atoms with Gasteiger partial charge in [0.2, 0.25) is 0 Å². The van der Waals surface area contributed by atoms with E-state index in [1.54, 1.807) is 26.0 Å². The van der Waals surface area contributed by atoms with Crippen LogP contribution < -0.4 is 20.1 Å². The van der Waals surface area contributed by atoms with Crippen LogP contribution >= 0.6 is 0 Å². The van der Waals surface area contributed by atoms with Gasteiger partial charge in [-0.2, -0.15) is 8.78 Å². The number of nitrogens with zero attached hydrogens (tertiary/aromatic N) is 1. The van der Waals surface area contributed by atoms with E-state index in [1.165, 1.54) is 12.1 Å². The highest BCUT2D eigenvalue weighted by atomic mass is 19.3. The lowest BCUT2D eigenvalue weighted by atomic mass is 10.2. The number of nitrogens with one attached hydrogen (secondary N) is 2. The maximum Gasteiger partial charge on any atom is 0.387 e. The summed E-state index contributed by atoms with van der Waals surface area (Å²) in [6.45, 7) is 0.948. The monoisotopic (exact) mass is 341 g/mol. The van der Waals surface area contributed by atoms with Crippen molar-refractivity contribution >= 4 is 11.8 Å². The van der Waals surface area contributed by atoms with Crippen LogP contribution in [0.4, 0.5) is 19.4 Å². The zero-order valence-corrected chi connectivity index (χ0v) is 13.1. The first-order valence-corrected chi connectivity index (χ1v) is 7.16. The van der Waals surface area contributed by atoms with Crippen LogP contribution in [0.3, 0.4) is 0 Å². The number of rotatable bonds is 7. The van der Waals surface area contributed by atoms with Gasteiger partial charge in [0.1, 0.15) is 5.76 Å². The van der Waals surface area contributed by atoms with Crippen LogP contribution in [-0.4, -0.2) is 24.4 Å². The summed E-state index contributed by atoms with van der Waals surface area (Å²) >= 11 is 0. The molecule has 9 heteroatoms. The molecule has 0 unspecified atom stereocenters. The molecule has 0 aliphatic heterocycles. The molecule has 0 bridgehead atoms. The van der Waals surface area contributed by atoms with E-state index in [4.69, 9.17) is 9.26 Å². The minimum absolute atomic E-state index is 0.0573. The third-order valence-corrected chi connectivity index (χ3v) is 2.85. The van der Waals surface area contributed by atoms with Crippen LogP contribution in [0.25, 0.3) is 0 Å². The van der Waals surface area contributed by atoms with Crippen molar-refractivity contribution in [1.82, 2.24) is 10.5 Å². The molecule has 1 aromatic carbocycles. The number of ether oxygens (including phenoxy) is 2. The molecular formula is C15H17F2N3O4. The van der Waals surface area contributed by atoms with Crippen molar-refractivity contribution in [3.63, 3.8) is 0 Å². The number of benzene rings is 1. The number of aryl methyl sites for hydroxylation is 1. The number of hydrogen-bond acceptors (Lipinski definition) is 5. The summed E-state index contributed by atoms with van der Waals surface area (Å²) in [5.74, 6) is 0.990. The number of alkyl halides is 2. The van der Waals surface area contributed by atoms with E-state index in [0.717, 1.165) is 0 Å². The second-order valence-corrected chi connectivity index (χ2v) is 4.72. The molecule has 1 aromatic heterocycles. The molecule has 0 radical (unpaired) electrons. The van der Waals surface area contributed by atoms with Crippen molar-refractivity contribution in [2.75, 3.05) is 11.9 Å². The summed E-state index contributed by atoms with van der Waals surface area (Å²) in [5.41, 5.74) is 0.659. The Morgan fingerprint density at radius 3 is 2.75 bits per heavy atom. The van der Waals surface area contributed by atoms with E-state index < -0.39 is 12.6 Å². The predicted octanol–water partition coefficient (Wildman–Crippen LogP) is 3.30. The molecule has 1 heterocycles. The number of halogens is 2. The van der Waals surface area contributed by atoms with Crippen LogP contribution in [0.2, 0.25) is 0 Å². The maximum absolute atomic E-state index is 12.3. The van der Waals surface area contributed by atoms with Crippen molar-refractivity contribution in [2.24, 2.45) is 0 Å².